The molecule has 0 spiro atoms. The molecule has 1 N–H and O–H groups in total. The minimum atomic E-state index is -3.04. The summed E-state index contributed by atoms with van der Waals surface area (Å²) in [6.07, 6.45) is 1.85. The number of alkyl halides is 2. The molecule has 0 bridgehead atoms. The van der Waals surface area contributed by atoms with Gasteiger partial charge in [0.2, 0.25) is 0 Å². The van der Waals surface area contributed by atoms with Gasteiger partial charge in [0, 0.05) is 37.1 Å². The van der Waals surface area contributed by atoms with Gasteiger partial charge in [0.1, 0.15) is 0 Å². The highest BCUT2D eigenvalue weighted by Gasteiger charge is 2.10. The van der Waals surface area contributed by atoms with Crippen molar-refractivity contribution in [2.24, 2.45) is 7.05 Å². The number of anilines is 1. The first kappa shape index (κ1) is 14.2. The Morgan fingerprint density at radius 2 is 2.15 bits per heavy atom. The molecular formula is C13H14F3N3O. The van der Waals surface area contributed by atoms with Gasteiger partial charge in [-0.3, -0.25) is 4.68 Å². The highest BCUT2D eigenvalue weighted by atomic mass is 19.3. The third-order valence-electron chi connectivity index (χ3n) is 2.75. The van der Waals surface area contributed by atoms with Gasteiger partial charge in [-0.05, 0) is 19.1 Å². The van der Waals surface area contributed by atoms with E-state index < -0.39 is 18.2 Å². The minimum absolute atomic E-state index is 0.466. The van der Waals surface area contributed by atoms with Crippen molar-refractivity contribution < 1.29 is 17.9 Å². The molecular weight excluding hydrogens is 271 g/mol. The van der Waals surface area contributed by atoms with Crippen LogP contribution >= 0.6 is 0 Å². The van der Waals surface area contributed by atoms with Crippen molar-refractivity contribution in [3.8, 4) is 5.75 Å². The van der Waals surface area contributed by atoms with Gasteiger partial charge in [0.15, 0.2) is 11.6 Å². The average molecular weight is 285 g/mol. The van der Waals surface area contributed by atoms with Gasteiger partial charge in [0.25, 0.3) is 0 Å². The van der Waals surface area contributed by atoms with E-state index in [4.69, 9.17) is 0 Å². The summed E-state index contributed by atoms with van der Waals surface area (Å²) in [5, 5.41) is 7.19. The van der Waals surface area contributed by atoms with E-state index in [-0.39, 0.29) is 0 Å². The molecule has 1 aromatic carbocycles. The van der Waals surface area contributed by atoms with Crippen molar-refractivity contribution >= 4 is 5.69 Å². The van der Waals surface area contributed by atoms with Gasteiger partial charge in [-0.15, -0.1) is 0 Å². The molecule has 1 heterocycles. The van der Waals surface area contributed by atoms with Gasteiger partial charge in [-0.25, -0.2) is 4.39 Å². The van der Waals surface area contributed by atoms with Crippen molar-refractivity contribution in [1.82, 2.24) is 9.78 Å². The van der Waals surface area contributed by atoms with Crippen molar-refractivity contribution in [2.75, 3.05) is 5.32 Å². The number of aromatic nitrogens is 2. The number of benzene rings is 1. The first-order chi connectivity index (χ1) is 9.45. The fourth-order valence-corrected chi connectivity index (χ4v) is 1.82. The summed E-state index contributed by atoms with van der Waals surface area (Å²) >= 11 is 0. The number of hydrogen-bond donors (Lipinski definition) is 1. The van der Waals surface area contributed by atoms with E-state index in [1.807, 2.05) is 20.2 Å². The van der Waals surface area contributed by atoms with Crippen molar-refractivity contribution in [3.63, 3.8) is 0 Å². The smallest absolute Gasteiger partial charge is 0.387 e. The largest absolute Gasteiger partial charge is 0.432 e. The van der Waals surface area contributed by atoms with Crippen LogP contribution in [0.1, 0.15) is 11.3 Å². The van der Waals surface area contributed by atoms with Crippen LogP contribution in [0.3, 0.4) is 0 Å². The van der Waals surface area contributed by atoms with Crippen LogP contribution in [-0.4, -0.2) is 16.4 Å². The lowest BCUT2D eigenvalue weighted by molar-refractivity contribution is -0.0521. The fourth-order valence-electron chi connectivity index (χ4n) is 1.82. The molecule has 7 heteroatoms. The Bertz CT molecular complexity index is 599. The molecule has 0 fully saturated rings. The summed E-state index contributed by atoms with van der Waals surface area (Å²) in [6, 6.07) is 3.76. The van der Waals surface area contributed by atoms with Crippen LogP contribution in [0.15, 0.2) is 24.4 Å². The van der Waals surface area contributed by atoms with Gasteiger partial charge < -0.3 is 10.1 Å². The monoisotopic (exact) mass is 285 g/mol. The predicted octanol–water partition coefficient (Wildman–Crippen LogP) is 3.08. The SMILES string of the molecule is Cc1nn(C)cc1CNc1ccc(OC(F)F)c(F)c1. The fraction of sp³-hybridized carbons (Fsp3) is 0.308. The van der Waals surface area contributed by atoms with E-state index in [0.29, 0.717) is 12.2 Å². The number of aryl methyl sites for hydroxylation is 2. The Morgan fingerprint density at radius 1 is 1.40 bits per heavy atom. The summed E-state index contributed by atoms with van der Waals surface area (Å²) in [5.74, 6) is -1.30. The zero-order valence-electron chi connectivity index (χ0n) is 11.0. The highest BCUT2D eigenvalue weighted by Crippen LogP contribution is 2.23. The number of nitrogens with zero attached hydrogens (tertiary/aromatic N) is 2. The second-order valence-corrected chi connectivity index (χ2v) is 4.29. The van der Waals surface area contributed by atoms with Crippen LogP contribution in [0.2, 0.25) is 0 Å². The molecule has 2 rings (SSSR count). The molecule has 0 aliphatic heterocycles. The Kier molecular flexibility index (Phi) is 4.16. The zero-order valence-corrected chi connectivity index (χ0v) is 11.0. The molecule has 2 aromatic rings. The van der Waals surface area contributed by atoms with Gasteiger partial charge in [-0.1, -0.05) is 0 Å². The second-order valence-electron chi connectivity index (χ2n) is 4.29. The summed E-state index contributed by atoms with van der Waals surface area (Å²) in [6.45, 7) is -0.702. The zero-order chi connectivity index (χ0) is 14.7. The summed E-state index contributed by atoms with van der Waals surface area (Å²) in [4.78, 5) is 0. The molecule has 0 saturated carbocycles. The predicted molar refractivity (Wildman–Crippen MR) is 68.3 cm³/mol. The third-order valence-corrected chi connectivity index (χ3v) is 2.75. The molecule has 0 saturated heterocycles. The van der Waals surface area contributed by atoms with Crippen LogP contribution in [0, 0.1) is 12.7 Å². The average Bonchev–Trinajstić information content (AvgIpc) is 2.68. The molecule has 0 radical (unpaired) electrons. The summed E-state index contributed by atoms with van der Waals surface area (Å²) < 4.78 is 43.2. The Balaban J connectivity index is 2.03. The van der Waals surface area contributed by atoms with Crippen molar-refractivity contribution in [1.29, 1.82) is 0 Å². The first-order valence-electron chi connectivity index (χ1n) is 5.93. The third kappa shape index (κ3) is 3.43. The van der Waals surface area contributed by atoms with Crippen LogP contribution in [0.25, 0.3) is 0 Å². The number of nitrogens with one attached hydrogen (secondary N) is 1. The number of hydrogen-bond acceptors (Lipinski definition) is 3. The molecule has 0 aliphatic carbocycles. The van der Waals surface area contributed by atoms with Crippen LogP contribution in [0.5, 0.6) is 5.75 Å². The summed E-state index contributed by atoms with van der Waals surface area (Å²) in [5.41, 5.74) is 2.33. The molecule has 0 aliphatic rings. The van der Waals surface area contributed by atoms with E-state index in [0.717, 1.165) is 17.3 Å². The molecule has 20 heavy (non-hydrogen) atoms. The van der Waals surface area contributed by atoms with Gasteiger partial charge in [-0.2, -0.15) is 13.9 Å². The minimum Gasteiger partial charge on any atom is -0.432 e. The van der Waals surface area contributed by atoms with E-state index in [1.54, 1.807) is 4.68 Å². The number of halogens is 3. The molecule has 1 aromatic heterocycles. The molecule has 0 atom stereocenters. The standard InChI is InChI=1S/C13H14F3N3O/c1-8-9(7-19(2)18-8)6-17-10-3-4-12(11(14)5-10)20-13(15)16/h3-5,7,13,17H,6H2,1-2H3. The Morgan fingerprint density at radius 3 is 2.70 bits per heavy atom. The maximum atomic E-state index is 13.5. The molecule has 108 valence electrons. The number of ether oxygens (including phenoxy) is 1. The van der Waals surface area contributed by atoms with Crippen LogP contribution in [-0.2, 0) is 13.6 Å². The lowest BCUT2D eigenvalue weighted by atomic mass is 10.2. The maximum absolute atomic E-state index is 13.5. The van der Waals surface area contributed by atoms with E-state index >= 15 is 0 Å². The Labute approximate surface area is 114 Å². The van der Waals surface area contributed by atoms with Crippen molar-refractivity contribution in [3.05, 3.63) is 41.5 Å². The lowest BCUT2D eigenvalue weighted by Gasteiger charge is -2.09. The lowest BCUT2D eigenvalue weighted by Crippen LogP contribution is -2.05. The van der Waals surface area contributed by atoms with Gasteiger partial charge in [0.05, 0.1) is 5.69 Å². The Hall–Kier alpha value is -2.18. The van der Waals surface area contributed by atoms with Gasteiger partial charge >= 0.3 is 6.61 Å². The topological polar surface area (TPSA) is 39.1 Å². The molecule has 0 amide bonds. The van der Waals surface area contributed by atoms with E-state index in [1.165, 1.54) is 12.1 Å². The normalized spacial score (nSPS) is 10.9. The van der Waals surface area contributed by atoms with E-state index in [2.05, 4.69) is 15.2 Å². The first-order valence-corrected chi connectivity index (χ1v) is 5.93. The molecule has 0 unspecified atom stereocenters. The maximum Gasteiger partial charge on any atom is 0.387 e. The summed E-state index contributed by atoms with van der Waals surface area (Å²) in [7, 11) is 1.81. The quantitative estimate of drug-likeness (QED) is 0.917. The number of rotatable bonds is 5. The van der Waals surface area contributed by atoms with Crippen molar-refractivity contribution in [2.45, 2.75) is 20.1 Å². The molecule has 4 nitrogen and oxygen atoms in total. The van der Waals surface area contributed by atoms with E-state index in [9.17, 15) is 13.2 Å². The second kappa shape index (κ2) is 5.85. The van der Waals surface area contributed by atoms with Crippen LogP contribution in [0.4, 0.5) is 18.9 Å². The van der Waals surface area contributed by atoms with Crippen LogP contribution < -0.4 is 10.1 Å². The highest BCUT2D eigenvalue weighted by molar-refractivity contribution is 5.47.